The first-order valence-electron chi connectivity index (χ1n) is 7.86. The van der Waals surface area contributed by atoms with E-state index in [1.807, 2.05) is 11.9 Å². The monoisotopic (exact) mass is 434 g/mol. The average molecular weight is 436 g/mol. The molecule has 0 fully saturated rings. The van der Waals surface area contributed by atoms with Gasteiger partial charge in [0, 0.05) is 24.8 Å². The predicted octanol–water partition coefficient (Wildman–Crippen LogP) is 6.39. The summed E-state index contributed by atoms with van der Waals surface area (Å²) in [6.45, 7) is 1.12. The van der Waals surface area contributed by atoms with Crippen LogP contribution < -0.4 is 4.90 Å². The topological polar surface area (TPSA) is 15.6 Å². The van der Waals surface area contributed by atoms with Crippen molar-refractivity contribution in [3.63, 3.8) is 0 Å². The first-order valence-corrected chi connectivity index (χ1v) is 8.61. The van der Waals surface area contributed by atoms with E-state index in [-0.39, 0.29) is 12.4 Å². The molecule has 0 bridgehead atoms. The number of anilines is 1. The van der Waals surface area contributed by atoms with E-state index in [1.54, 1.807) is 30.4 Å². The molecule has 1 aliphatic rings. The number of allylic oxidation sites excluding steroid dienone is 1. The maximum Gasteiger partial charge on any atom is 0.416 e. The van der Waals surface area contributed by atoms with Crippen molar-refractivity contribution in [2.24, 2.45) is 4.99 Å². The predicted molar refractivity (Wildman–Crippen MR) is 109 cm³/mol. The van der Waals surface area contributed by atoms with Crippen molar-refractivity contribution in [3.8, 4) is 0 Å². The van der Waals surface area contributed by atoms with E-state index in [2.05, 4.69) is 4.99 Å². The molecule has 0 saturated heterocycles. The van der Waals surface area contributed by atoms with Gasteiger partial charge in [0.05, 0.1) is 27.9 Å². The largest absolute Gasteiger partial charge is 0.416 e. The molecular formula is C19H16Cl3F3N2. The minimum absolute atomic E-state index is 0. The number of alkyl halides is 3. The summed E-state index contributed by atoms with van der Waals surface area (Å²) in [5, 5.41) is 0.855. The Labute approximate surface area is 171 Å². The molecule has 1 aliphatic heterocycles. The van der Waals surface area contributed by atoms with Crippen molar-refractivity contribution in [3.05, 3.63) is 69.2 Å². The van der Waals surface area contributed by atoms with Gasteiger partial charge >= 0.3 is 6.18 Å². The second-order valence-corrected chi connectivity index (χ2v) is 6.74. The van der Waals surface area contributed by atoms with Crippen LogP contribution in [0.15, 0.2) is 47.5 Å². The molecule has 0 N–H and O–H groups in total. The van der Waals surface area contributed by atoms with Gasteiger partial charge in [0.2, 0.25) is 0 Å². The van der Waals surface area contributed by atoms with E-state index in [0.29, 0.717) is 40.1 Å². The van der Waals surface area contributed by atoms with Crippen LogP contribution in [-0.4, -0.2) is 25.8 Å². The van der Waals surface area contributed by atoms with Crippen molar-refractivity contribution in [2.75, 3.05) is 25.0 Å². The molecule has 27 heavy (non-hydrogen) atoms. The molecule has 0 aliphatic carbocycles. The highest BCUT2D eigenvalue weighted by molar-refractivity contribution is 6.42. The highest BCUT2D eigenvalue weighted by Gasteiger charge is 2.32. The van der Waals surface area contributed by atoms with Crippen molar-refractivity contribution in [1.29, 1.82) is 0 Å². The zero-order valence-corrected chi connectivity index (χ0v) is 16.6. The number of rotatable bonds is 2. The van der Waals surface area contributed by atoms with Gasteiger partial charge in [-0.3, -0.25) is 4.99 Å². The second-order valence-electron chi connectivity index (χ2n) is 5.93. The van der Waals surface area contributed by atoms with Crippen LogP contribution in [0.3, 0.4) is 0 Å². The zero-order chi connectivity index (χ0) is 18.9. The third-order valence-electron chi connectivity index (χ3n) is 4.11. The van der Waals surface area contributed by atoms with Gasteiger partial charge in [-0.05, 0) is 42.0 Å². The van der Waals surface area contributed by atoms with Crippen LogP contribution in [0.1, 0.15) is 16.7 Å². The molecule has 0 amide bonds. The molecule has 144 valence electrons. The van der Waals surface area contributed by atoms with Crippen LogP contribution in [0.2, 0.25) is 10.0 Å². The van der Waals surface area contributed by atoms with Gasteiger partial charge in [0.1, 0.15) is 0 Å². The zero-order valence-electron chi connectivity index (χ0n) is 14.2. The summed E-state index contributed by atoms with van der Waals surface area (Å²) in [7, 11) is 1.84. The number of nitrogens with zero attached hydrogens (tertiary/aromatic N) is 2. The number of halogens is 6. The number of fused-ring (bicyclic) bond motifs is 1. The summed E-state index contributed by atoms with van der Waals surface area (Å²) in [5.74, 6) is 0. The summed E-state index contributed by atoms with van der Waals surface area (Å²) >= 11 is 11.9. The number of aliphatic imine (C=N–C) groups is 1. The molecule has 0 radical (unpaired) electrons. The summed E-state index contributed by atoms with van der Waals surface area (Å²) in [6, 6.07) is 8.88. The maximum atomic E-state index is 13.1. The van der Waals surface area contributed by atoms with Gasteiger partial charge in [-0.2, -0.15) is 13.2 Å². The minimum Gasteiger partial charge on any atom is -0.372 e. The fourth-order valence-electron chi connectivity index (χ4n) is 2.71. The SMILES string of the molecule is CN1CCN=C(/C=C/c2ccc(Cl)c(Cl)c2)c2cc(C(F)(F)F)ccc21.Cl. The van der Waals surface area contributed by atoms with E-state index in [4.69, 9.17) is 23.2 Å². The summed E-state index contributed by atoms with van der Waals surface area (Å²) in [6.07, 6.45) is -0.938. The Morgan fingerprint density at radius 1 is 1.04 bits per heavy atom. The van der Waals surface area contributed by atoms with E-state index < -0.39 is 11.7 Å². The van der Waals surface area contributed by atoms with E-state index in [0.717, 1.165) is 17.7 Å². The lowest BCUT2D eigenvalue weighted by molar-refractivity contribution is -0.137. The molecule has 8 heteroatoms. The Balaban J connectivity index is 0.00000261. The van der Waals surface area contributed by atoms with Gasteiger partial charge in [-0.25, -0.2) is 0 Å². The molecule has 0 unspecified atom stereocenters. The van der Waals surface area contributed by atoms with Gasteiger partial charge < -0.3 is 4.90 Å². The van der Waals surface area contributed by atoms with Crippen LogP contribution in [0.25, 0.3) is 6.08 Å². The first kappa shape index (κ1) is 21.6. The molecule has 0 atom stereocenters. The fraction of sp³-hybridized carbons (Fsp3) is 0.211. The Morgan fingerprint density at radius 3 is 2.44 bits per heavy atom. The van der Waals surface area contributed by atoms with Gasteiger partial charge in [0.25, 0.3) is 0 Å². The Bertz CT molecular complexity index is 892. The van der Waals surface area contributed by atoms with Crippen LogP contribution >= 0.6 is 35.6 Å². The van der Waals surface area contributed by atoms with Gasteiger partial charge in [0.15, 0.2) is 0 Å². The lowest BCUT2D eigenvalue weighted by atomic mass is 10.0. The molecule has 1 heterocycles. The second kappa shape index (κ2) is 8.55. The normalized spacial score (nSPS) is 14.4. The smallest absolute Gasteiger partial charge is 0.372 e. The van der Waals surface area contributed by atoms with Crippen LogP contribution in [0, 0.1) is 0 Å². The lowest BCUT2D eigenvalue weighted by Crippen LogP contribution is -2.20. The molecule has 0 aromatic heterocycles. The number of benzene rings is 2. The van der Waals surface area contributed by atoms with E-state index >= 15 is 0 Å². The van der Waals surface area contributed by atoms with Crippen molar-refractivity contribution in [1.82, 2.24) is 0 Å². The number of hydrogen-bond donors (Lipinski definition) is 0. The fourth-order valence-corrected chi connectivity index (χ4v) is 3.02. The van der Waals surface area contributed by atoms with Crippen LogP contribution in [0.4, 0.5) is 18.9 Å². The summed E-state index contributed by atoms with van der Waals surface area (Å²) < 4.78 is 39.4. The summed E-state index contributed by atoms with van der Waals surface area (Å²) in [5.41, 5.74) is 1.76. The molecule has 0 saturated carbocycles. The maximum absolute atomic E-state index is 13.1. The quantitative estimate of drug-likeness (QED) is 0.534. The molecule has 2 aromatic carbocycles. The average Bonchev–Trinajstić information content (AvgIpc) is 2.74. The molecule has 0 spiro atoms. The van der Waals surface area contributed by atoms with Crippen LogP contribution in [-0.2, 0) is 6.18 Å². The van der Waals surface area contributed by atoms with Crippen molar-refractivity contribution in [2.45, 2.75) is 6.18 Å². The lowest BCUT2D eigenvalue weighted by Gasteiger charge is -2.20. The van der Waals surface area contributed by atoms with E-state index in [1.165, 1.54) is 6.07 Å². The van der Waals surface area contributed by atoms with E-state index in [9.17, 15) is 13.2 Å². The standard InChI is InChI=1S/C19H15Cl2F3N2.ClH/c1-26-9-8-25-17(6-3-12-2-5-15(20)16(21)10-12)14-11-13(19(22,23)24)4-7-18(14)26;/h2-7,10-11H,8-9H2,1H3;1H/b6-3+;. The Morgan fingerprint density at radius 2 is 1.78 bits per heavy atom. The van der Waals surface area contributed by atoms with Crippen molar-refractivity contribution >= 4 is 53.1 Å². The van der Waals surface area contributed by atoms with Crippen molar-refractivity contribution < 1.29 is 13.2 Å². The molecule has 2 nitrogen and oxygen atoms in total. The number of hydrogen-bond acceptors (Lipinski definition) is 2. The summed E-state index contributed by atoms with van der Waals surface area (Å²) in [4.78, 5) is 6.36. The molecule has 2 aromatic rings. The number of benzodiazepines with no additional fused rings is 1. The minimum atomic E-state index is -4.40. The van der Waals surface area contributed by atoms with Crippen LogP contribution in [0.5, 0.6) is 0 Å². The molecule has 3 rings (SSSR count). The Kier molecular flexibility index (Phi) is 6.84. The Hall–Kier alpha value is -1.69. The molecular weight excluding hydrogens is 420 g/mol. The highest BCUT2D eigenvalue weighted by atomic mass is 35.5. The highest BCUT2D eigenvalue weighted by Crippen LogP contribution is 2.34. The third kappa shape index (κ3) is 4.98. The third-order valence-corrected chi connectivity index (χ3v) is 4.84. The first-order chi connectivity index (χ1) is 12.3. The number of likely N-dealkylation sites (N-methyl/N-ethyl adjacent to an activating group) is 1. The van der Waals surface area contributed by atoms with Gasteiger partial charge in [-0.15, -0.1) is 12.4 Å². The van der Waals surface area contributed by atoms with Gasteiger partial charge in [-0.1, -0.05) is 35.3 Å².